The van der Waals surface area contributed by atoms with Gasteiger partial charge in [0.15, 0.2) is 0 Å². The molecule has 1 aliphatic rings. The summed E-state index contributed by atoms with van der Waals surface area (Å²) in [6.07, 6.45) is 0. The fourth-order valence-electron chi connectivity index (χ4n) is 2.48. The zero-order chi connectivity index (χ0) is 15.6. The fraction of sp³-hybridized carbons (Fsp3) is 0.562. The van der Waals surface area contributed by atoms with Crippen molar-refractivity contribution in [2.45, 2.75) is 26.2 Å². The van der Waals surface area contributed by atoms with Crippen LogP contribution in [-0.4, -0.2) is 25.5 Å². The number of carbonyl (C=O) groups excluding carboxylic acids is 1. The molecule has 0 radical (unpaired) electrons. The van der Waals surface area contributed by atoms with Gasteiger partial charge in [0.05, 0.1) is 0 Å². The van der Waals surface area contributed by atoms with Gasteiger partial charge in [-0.15, -0.1) is 0 Å². The number of benzene rings is 1. The highest BCUT2D eigenvalue weighted by molar-refractivity contribution is 6.31. The number of halogens is 2. The molecule has 116 valence electrons. The topological polar surface area (TPSA) is 41.1 Å². The third kappa shape index (κ3) is 3.74. The molecule has 2 rings (SSSR count). The van der Waals surface area contributed by atoms with Crippen molar-refractivity contribution in [3.05, 3.63) is 34.6 Å². The predicted octanol–water partition coefficient (Wildman–Crippen LogP) is 2.73. The normalized spacial score (nSPS) is 17.2. The van der Waals surface area contributed by atoms with E-state index in [1.807, 2.05) is 20.8 Å². The van der Waals surface area contributed by atoms with Crippen LogP contribution in [0, 0.1) is 17.7 Å². The standard InChI is InChI=1S/C16H22ClFN2O/c1-10(11-7-19-8-11)15(21)20-9-16(2,3)13-5-4-12(18)6-14(13)17/h4-6,10-11,19H,7-9H2,1-3H3,(H,20,21). The van der Waals surface area contributed by atoms with Crippen LogP contribution in [0.2, 0.25) is 5.02 Å². The van der Waals surface area contributed by atoms with E-state index in [-0.39, 0.29) is 23.1 Å². The van der Waals surface area contributed by atoms with Crippen LogP contribution in [0.25, 0.3) is 0 Å². The highest BCUT2D eigenvalue weighted by Gasteiger charge is 2.30. The lowest BCUT2D eigenvalue weighted by molar-refractivity contribution is -0.126. The Morgan fingerprint density at radius 3 is 2.71 bits per heavy atom. The minimum absolute atomic E-state index is 0.00531. The first kappa shape index (κ1) is 16.2. The molecule has 1 fully saturated rings. The molecule has 1 saturated heterocycles. The SMILES string of the molecule is CC(C(=O)NCC(C)(C)c1ccc(F)cc1Cl)C1CNC1. The van der Waals surface area contributed by atoms with Crippen LogP contribution in [-0.2, 0) is 10.2 Å². The molecule has 5 heteroatoms. The third-order valence-corrected chi connectivity index (χ3v) is 4.61. The molecule has 1 heterocycles. The van der Waals surface area contributed by atoms with Crippen molar-refractivity contribution in [2.75, 3.05) is 19.6 Å². The third-order valence-electron chi connectivity index (χ3n) is 4.30. The second kappa shape index (κ2) is 6.32. The first-order valence-electron chi connectivity index (χ1n) is 7.25. The zero-order valence-corrected chi connectivity index (χ0v) is 13.4. The van der Waals surface area contributed by atoms with Gasteiger partial charge < -0.3 is 10.6 Å². The van der Waals surface area contributed by atoms with E-state index < -0.39 is 0 Å². The average molecular weight is 313 g/mol. The summed E-state index contributed by atoms with van der Waals surface area (Å²) in [7, 11) is 0. The van der Waals surface area contributed by atoms with Crippen molar-refractivity contribution in [2.24, 2.45) is 11.8 Å². The molecular formula is C16H22ClFN2O. The molecule has 0 aromatic heterocycles. The summed E-state index contributed by atoms with van der Waals surface area (Å²) >= 11 is 6.11. The Morgan fingerprint density at radius 2 is 2.19 bits per heavy atom. The molecule has 1 amide bonds. The lowest BCUT2D eigenvalue weighted by Gasteiger charge is -2.33. The van der Waals surface area contributed by atoms with Crippen LogP contribution in [0.15, 0.2) is 18.2 Å². The maximum atomic E-state index is 13.1. The van der Waals surface area contributed by atoms with Crippen molar-refractivity contribution in [1.29, 1.82) is 0 Å². The first-order valence-corrected chi connectivity index (χ1v) is 7.63. The van der Waals surface area contributed by atoms with Crippen LogP contribution >= 0.6 is 11.6 Å². The van der Waals surface area contributed by atoms with E-state index in [2.05, 4.69) is 10.6 Å². The van der Waals surface area contributed by atoms with E-state index >= 15 is 0 Å². The van der Waals surface area contributed by atoms with E-state index in [0.717, 1.165) is 18.7 Å². The van der Waals surface area contributed by atoms with Crippen molar-refractivity contribution in [3.63, 3.8) is 0 Å². The summed E-state index contributed by atoms with van der Waals surface area (Å²) in [5.74, 6) is 0.135. The molecular weight excluding hydrogens is 291 g/mol. The highest BCUT2D eigenvalue weighted by atomic mass is 35.5. The smallest absolute Gasteiger partial charge is 0.223 e. The van der Waals surface area contributed by atoms with Crippen LogP contribution in [0.1, 0.15) is 26.3 Å². The molecule has 2 N–H and O–H groups in total. The minimum Gasteiger partial charge on any atom is -0.355 e. The summed E-state index contributed by atoms with van der Waals surface area (Å²) < 4.78 is 13.1. The molecule has 0 aliphatic carbocycles. The number of nitrogens with one attached hydrogen (secondary N) is 2. The Bertz CT molecular complexity index is 529. The van der Waals surface area contributed by atoms with Gasteiger partial charge >= 0.3 is 0 Å². The monoisotopic (exact) mass is 312 g/mol. The van der Waals surface area contributed by atoms with Crippen LogP contribution in [0.3, 0.4) is 0 Å². The zero-order valence-electron chi connectivity index (χ0n) is 12.7. The number of hydrogen-bond donors (Lipinski definition) is 2. The second-order valence-corrected chi connectivity index (χ2v) is 6.84. The van der Waals surface area contributed by atoms with Gasteiger partial charge in [0.1, 0.15) is 5.82 Å². The lowest BCUT2D eigenvalue weighted by Crippen LogP contribution is -2.50. The molecule has 3 nitrogen and oxygen atoms in total. The van der Waals surface area contributed by atoms with E-state index in [4.69, 9.17) is 11.6 Å². The molecule has 1 aliphatic heterocycles. The Labute approximate surface area is 130 Å². The minimum atomic E-state index is -0.352. The van der Waals surface area contributed by atoms with Gasteiger partial charge in [0, 0.05) is 22.9 Å². The maximum absolute atomic E-state index is 13.1. The van der Waals surface area contributed by atoms with E-state index in [1.165, 1.54) is 12.1 Å². The van der Waals surface area contributed by atoms with Crippen molar-refractivity contribution in [3.8, 4) is 0 Å². The highest BCUT2D eigenvalue weighted by Crippen LogP contribution is 2.30. The van der Waals surface area contributed by atoms with Gasteiger partial charge in [-0.25, -0.2) is 4.39 Å². The molecule has 0 spiro atoms. The van der Waals surface area contributed by atoms with Gasteiger partial charge in [-0.1, -0.05) is 38.4 Å². The van der Waals surface area contributed by atoms with Crippen molar-refractivity contribution < 1.29 is 9.18 Å². The van der Waals surface area contributed by atoms with Crippen LogP contribution in [0.5, 0.6) is 0 Å². The Kier molecular flexibility index (Phi) is 4.89. The summed E-state index contributed by atoms with van der Waals surface area (Å²) in [5, 5.41) is 6.56. The Morgan fingerprint density at radius 1 is 1.52 bits per heavy atom. The summed E-state index contributed by atoms with van der Waals surface area (Å²) in [6, 6.07) is 4.39. The number of hydrogen-bond acceptors (Lipinski definition) is 2. The number of carbonyl (C=O) groups is 1. The van der Waals surface area contributed by atoms with Gasteiger partial charge in [-0.2, -0.15) is 0 Å². The molecule has 0 bridgehead atoms. The fourth-order valence-corrected chi connectivity index (χ4v) is 2.90. The molecule has 0 saturated carbocycles. The lowest BCUT2D eigenvalue weighted by atomic mass is 9.83. The van der Waals surface area contributed by atoms with Gasteiger partial charge in [-0.05, 0) is 36.7 Å². The van der Waals surface area contributed by atoms with Crippen molar-refractivity contribution in [1.82, 2.24) is 10.6 Å². The van der Waals surface area contributed by atoms with E-state index in [0.29, 0.717) is 17.5 Å². The number of rotatable bonds is 5. The summed E-state index contributed by atoms with van der Waals surface area (Å²) in [4.78, 5) is 12.2. The summed E-state index contributed by atoms with van der Waals surface area (Å²) in [5.41, 5.74) is 0.488. The largest absolute Gasteiger partial charge is 0.355 e. The second-order valence-electron chi connectivity index (χ2n) is 6.43. The van der Waals surface area contributed by atoms with E-state index in [1.54, 1.807) is 6.07 Å². The van der Waals surface area contributed by atoms with Gasteiger partial charge in [0.2, 0.25) is 5.91 Å². The first-order chi connectivity index (χ1) is 9.81. The molecule has 1 aromatic rings. The molecule has 1 unspecified atom stereocenters. The summed E-state index contributed by atoms with van der Waals surface area (Å²) in [6.45, 7) is 8.22. The average Bonchev–Trinajstić information content (AvgIpc) is 2.33. The Hall–Kier alpha value is -1.13. The van der Waals surface area contributed by atoms with Crippen molar-refractivity contribution >= 4 is 17.5 Å². The molecule has 1 aromatic carbocycles. The Balaban J connectivity index is 1.98. The predicted molar refractivity (Wildman–Crippen MR) is 83.0 cm³/mol. The van der Waals surface area contributed by atoms with Gasteiger partial charge in [0.25, 0.3) is 0 Å². The number of amides is 1. The maximum Gasteiger partial charge on any atom is 0.223 e. The van der Waals surface area contributed by atoms with Crippen LogP contribution < -0.4 is 10.6 Å². The quantitative estimate of drug-likeness (QED) is 0.878. The van der Waals surface area contributed by atoms with Gasteiger partial charge in [-0.3, -0.25) is 4.79 Å². The molecule has 21 heavy (non-hydrogen) atoms. The van der Waals surface area contributed by atoms with Crippen LogP contribution in [0.4, 0.5) is 4.39 Å². The van der Waals surface area contributed by atoms with E-state index in [9.17, 15) is 9.18 Å². The molecule has 1 atom stereocenters.